The molecule has 1 unspecified atom stereocenters. The van der Waals surface area contributed by atoms with E-state index in [-0.39, 0.29) is 18.2 Å². The van der Waals surface area contributed by atoms with Crippen molar-refractivity contribution in [3.05, 3.63) is 45.1 Å². The average molecular weight is 397 g/mol. The maximum atomic E-state index is 12.4. The number of nitrogens with one attached hydrogen (secondary N) is 1. The fraction of sp³-hybridized carbons (Fsp3) is 0.421. The van der Waals surface area contributed by atoms with Gasteiger partial charge in [-0.25, -0.2) is 4.79 Å². The van der Waals surface area contributed by atoms with Crippen LogP contribution in [0.2, 0.25) is 4.34 Å². The van der Waals surface area contributed by atoms with Gasteiger partial charge in [0.15, 0.2) is 11.5 Å². The number of methoxy groups -OCH3 is 1. The van der Waals surface area contributed by atoms with Crippen molar-refractivity contribution in [1.82, 2.24) is 10.2 Å². The second-order valence-corrected chi connectivity index (χ2v) is 8.11. The maximum Gasteiger partial charge on any atom is 0.317 e. The van der Waals surface area contributed by atoms with E-state index in [4.69, 9.17) is 21.1 Å². The first-order valence-corrected chi connectivity index (χ1v) is 9.60. The van der Waals surface area contributed by atoms with Crippen LogP contribution in [-0.4, -0.2) is 31.2 Å². The van der Waals surface area contributed by atoms with Crippen LogP contribution in [0.25, 0.3) is 0 Å². The van der Waals surface area contributed by atoms with Gasteiger partial charge in [-0.2, -0.15) is 0 Å². The number of halogens is 1. The van der Waals surface area contributed by atoms with E-state index >= 15 is 0 Å². The molecule has 0 saturated carbocycles. The molecule has 7 heteroatoms. The van der Waals surface area contributed by atoms with Crippen LogP contribution < -0.4 is 14.8 Å². The van der Waals surface area contributed by atoms with Crippen LogP contribution in [0.1, 0.15) is 37.3 Å². The van der Waals surface area contributed by atoms with Crippen molar-refractivity contribution in [2.45, 2.75) is 39.5 Å². The second kappa shape index (κ2) is 9.14. The molecule has 0 spiro atoms. The number of hydrogen-bond donors (Lipinski definition) is 1. The largest absolute Gasteiger partial charge is 0.493 e. The third kappa shape index (κ3) is 5.54. The van der Waals surface area contributed by atoms with Gasteiger partial charge in [0.2, 0.25) is 0 Å². The van der Waals surface area contributed by atoms with Gasteiger partial charge in [-0.05, 0) is 50.6 Å². The quantitative estimate of drug-likeness (QED) is 0.708. The molecule has 2 amide bonds. The molecule has 0 aliphatic carbocycles. The van der Waals surface area contributed by atoms with Crippen molar-refractivity contribution >= 4 is 29.0 Å². The minimum absolute atomic E-state index is 0.0614. The number of carbonyl (C=O) groups excluding carboxylic acids is 1. The first-order valence-electron chi connectivity index (χ1n) is 8.40. The van der Waals surface area contributed by atoms with Crippen LogP contribution in [0.5, 0.6) is 11.5 Å². The van der Waals surface area contributed by atoms with Crippen molar-refractivity contribution in [1.29, 1.82) is 0 Å². The van der Waals surface area contributed by atoms with Gasteiger partial charge in [0.1, 0.15) is 0 Å². The van der Waals surface area contributed by atoms with Crippen LogP contribution in [0.4, 0.5) is 4.79 Å². The first kappa shape index (κ1) is 20.4. The maximum absolute atomic E-state index is 12.4. The van der Waals surface area contributed by atoms with Gasteiger partial charge in [0.25, 0.3) is 0 Å². The van der Waals surface area contributed by atoms with Gasteiger partial charge in [-0.3, -0.25) is 0 Å². The highest BCUT2D eigenvalue weighted by atomic mass is 35.5. The molecule has 1 atom stereocenters. The number of rotatable bonds is 7. The number of urea groups is 1. The van der Waals surface area contributed by atoms with Crippen molar-refractivity contribution in [2.24, 2.45) is 0 Å². The first-order chi connectivity index (χ1) is 12.3. The standard InChI is InChI=1S/C19H25ClN2O3S/c1-12(2)25-16-8-6-14(10-17(16)24-5)13(3)21-19(23)22(4)11-15-7-9-18(20)26-15/h6-10,12-13H,11H2,1-5H3,(H,21,23). The van der Waals surface area contributed by atoms with Gasteiger partial charge < -0.3 is 19.7 Å². The van der Waals surface area contributed by atoms with E-state index in [0.29, 0.717) is 18.0 Å². The van der Waals surface area contributed by atoms with E-state index in [1.165, 1.54) is 11.3 Å². The molecule has 1 N–H and O–H groups in total. The van der Waals surface area contributed by atoms with Crippen molar-refractivity contribution in [2.75, 3.05) is 14.2 Å². The number of hydrogen-bond acceptors (Lipinski definition) is 4. The Bertz CT molecular complexity index is 748. The molecule has 5 nitrogen and oxygen atoms in total. The predicted octanol–water partition coefficient (Wildman–Crippen LogP) is 5.10. The fourth-order valence-electron chi connectivity index (χ4n) is 2.43. The molecule has 2 aromatic rings. The minimum Gasteiger partial charge on any atom is -0.493 e. The van der Waals surface area contributed by atoms with E-state index in [0.717, 1.165) is 14.8 Å². The third-order valence-electron chi connectivity index (χ3n) is 3.76. The monoisotopic (exact) mass is 396 g/mol. The molecule has 142 valence electrons. The van der Waals surface area contributed by atoms with Gasteiger partial charge in [-0.15, -0.1) is 11.3 Å². The summed E-state index contributed by atoms with van der Waals surface area (Å²) in [7, 11) is 3.37. The van der Waals surface area contributed by atoms with E-state index in [1.807, 2.05) is 51.1 Å². The number of ether oxygens (including phenoxy) is 2. The van der Waals surface area contributed by atoms with Crippen LogP contribution >= 0.6 is 22.9 Å². The Hall–Kier alpha value is -1.92. The number of thiophene rings is 1. The fourth-order valence-corrected chi connectivity index (χ4v) is 3.57. The Morgan fingerprint density at radius 2 is 1.96 bits per heavy atom. The van der Waals surface area contributed by atoms with Crippen LogP contribution in [-0.2, 0) is 6.54 Å². The summed E-state index contributed by atoms with van der Waals surface area (Å²) in [6.45, 7) is 6.38. The zero-order valence-electron chi connectivity index (χ0n) is 15.7. The Morgan fingerprint density at radius 3 is 2.54 bits per heavy atom. The summed E-state index contributed by atoms with van der Waals surface area (Å²) in [6, 6.07) is 9.14. The van der Waals surface area contributed by atoms with E-state index in [9.17, 15) is 4.79 Å². The summed E-state index contributed by atoms with van der Waals surface area (Å²) in [5.74, 6) is 1.34. The topological polar surface area (TPSA) is 50.8 Å². The molecule has 1 aromatic carbocycles. The molecular formula is C19H25ClN2O3S. The van der Waals surface area contributed by atoms with E-state index < -0.39 is 0 Å². The minimum atomic E-state index is -0.168. The SMILES string of the molecule is COc1cc(C(C)NC(=O)N(C)Cc2ccc(Cl)s2)ccc1OC(C)C. The Morgan fingerprint density at radius 1 is 1.23 bits per heavy atom. The normalized spacial score (nSPS) is 12.0. The molecule has 0 aliphatic heterocycles. The smallest absolute Gasteiger partial charge is 0.317 e. The zero-order valence-corrected chi connectivity index (χ0v) is 17.3. The lowest BCUT2D eigenvalue weighted by Gasteiger charge is -2.22. The van der Waals surface area contributed by atoms with Crippen LogP contribution in [0, 0.1) is 0 Å². The lowest BCUT2D eigenvalue weighted by molar-refractivity contribution is 0.204. The molecule has 0 aliphatic rings. The Kier molecular flexibility index (Phi) is 7.17. The molecule has 2 rings (SSSR count). The lowest BCUT2D eigenvalue weighted by atomic mass is 10.1. The molecule has 0 bridgehead atoms. The molecule has 0 fully saturated rings. The van der Waals surface area contributed by atoms with Crippen LogP contribution in [0.15, 0.2) is 30.3 Å². The highest BCUT2D eigenvalue weighted by Crippen LogP contribution is 2.31. The lowest BCUT2D eigenvalue weighted by Crippen LogP contribution is -2.38. The Labute approximate surface area is 163 Å². The number of nitrogens with zero attached hydrogens (tertiary/aromatic N) is 1. The molecule has 1 aromatic heterocycles. The molecule has 1 heterocycles. The third-order valence-corrected chi connectivity index (χ3v) is 4.97. The molecule has 26 heavy (non-hydrogen) atoms. The van der Waals surface area contributed by atoms with E-state index in [2.05, 4.69) is 5.32 Å². The molecule has 0 radical (unpaired) electrons. The summed E-state index contributed by atoms with van der Waals surface area (Å²) in [4.78, 5) is 15.1. The number of carbonyl (C=O) groups is 1. The number of benzene rings is 1. The van der Waals surface area contributed by atoms with Gasteiger partial charge >= 0.3 is 6.03 Å². The molecular weight excluding hydrogens is 372 g/mol. The summed E-state index contributed by atoms with van der Waals surface area (Å²) < 4.78 is 11.9. The van der Waals surface area contributed by atoms with Crippen molar-refractivity contribution in [3.8, 4) is 11.5 Å². The predicted molar refractivity (Wildman–Crippen MR) is 107 cm³/mol. The van der Waals surface area contributed by atoms with E-state index in [1.54, 1.807) is 19.1 Å². The molecule has 0 saturated heterocycles. The van der Waals surface area contributed by atoms with Crippen molar-refractivity contribution in [3.63, 3.8) is 0 Å². The zero-order chi connectivity index (χ0) is 19.3. The van der Waals surface area contributed by atoms with Gasteiger partial charge in [0.05, 0.1) is 30.1 Å². The summed E-state index contributed by atoms with van der Waals surface area (Å²) in [6.07, 6.45) is 0.0614. The number of amides is 2. The highest BCUT2D eigenvalue weighted by Gasteiger charge is 2.16. The summed E-state index contributed by atoms with van der Waals surface area (Å²) in [5, 5.41) is 3.00. The van der Waals surface area contributed by atoms with Gasteiger partial charge in [-0.1, -0.05) is 17.7 Å². The highest BCUT2D eigenvalue weighted by molar-refractivity contribution is 7.16. The Balaban J connectivity index is 2.01. The summed E-state index contributed by atoms with van der Waals surface area (Å²) >= 11 is 7.41. The van der Waals surface area contributed by atoms with Crippen LogP contribution in [0.3, 0.4) is 0 Å². The average Bonchev–Trinajstić information content (AvgIpc) is 2.99. The second-order valence-electron chi connectivity index (χ2n) is 6.31. The van der Waals surface area contributed by atoms with Crippen molar-refractivity contribution < 1.29 is 14.3 Å². The van der Waals surface area contributed by atoms with Gasteiger partial charge in [0, 0.05) is 11.9 Å². The summed E-state index contributed by atoms with van der Waals surface area (Å²) in [5.41, 5.74) is 0.943.